The van der Waals surface area contributed by atoms with Crippen LogP contribution in [0, 0.1) is 13.8 Å². The number of hydrogen-bond acceptors (Lipinski definition) is 3. The van der Waals surface area contributed by atoms with Gasteiger partial charge in [0.2, 0.25) is 5.95 Å². The van der Waals surface area contributed by atoms with E-state index in [1.54, 1.807) is 0 Å². The summed E-state index contributed by atoms with van der Waals surface area (Å²) >= 11 is 0. The fraction of sp³-hybridized carbons (Fsp3) is 0.143. The van der Waals surface area contributed by atoms with Gasteiger partial charge in [0.1, 0.15) is 0 Å². The standard InChI is InChI=1S/C14H14N4/c1-8-7-12(18-14(15)16-8)13-9(2)17-11-6-4-3-5-10(11)13/h3-7,17H,1-2H3,(H2,15,16,18). The van der Waals surface area contributed by atoms with Crippen molar-refractivity contribution < 1.29 is 0 Å². The number of nitrogen functional groups attached to an aromatic ring is 1. The second-order valence-corrected chi connectivity index (χ2v) is 4.42. The Labute approximate surface area is 105 Å². The van der Waals surface area contributed by atoms with E-state index < -0.39 is 0 Å². The van der Waals surface area contributed by atoms with Gasteiger partial charge in [-0.05, 0) is 26.0 Å². The number of anilines is 1. The molecule has 0 spiro atoms. The molecule has 1 aromatic carbocycles. The summed E-state index contributed by atoms with van der Waals surface area (Å²) in [6, 6.07) is 10.1. The Morgan fingerprint density at radius 2 is 1.89 bits per heavy atom. The average Bonchev–Trinajstić information content (AvgIpc) is 2.63. The number of nitrogens with zero attached hydrogens (tertiary/aromatic N) is 2. The first-order chi connectivity index (χ1) is 8.65. The molecular formula is C14H14N4. The SMILES string of the molecule is Cc1cc(-c2c(C)[nH]c3ccccc23)nc(N)n1. The van der Waals surface area contributed by atoms with Gasteiger partial charge in [-0.1, -0.05) is 18.2 Å². The van der Waals surface area contributed by atoms with Crippen LogP contribution in [0.15, 0.2) is 30.3 Å². The van der Waals surface area contributed by atoms with E-state index in [1.807, 2.05) is 32.0 Å². The van der Waals surface area contributed by atoms with E-state index >= 15 is 0 Å². The van der Waals surface area contributed by atoms with Crippen LogP contribution in [0.5, 0.6) is 0 Å². The number of para-hydroxylation sites is 1. The Bertz CT molecular complexity index is 707. The molecule has 0 bridgehead atoms. The third-order valence-electron chi connectivity index (χ3n) is 3.02. The number of aromatic nitrogens is 3. The molecule has 18 heavy (non-hydrogen) atoms. The zero-order valence-corrected chi connectivity index (χ0v) is 10.4. The Balaban J connectivity index is 2.34. The molecule has 3 aromatic rings. The van der Waals surface area contributed by atoms with Crippen molar-refractivity contribution in [2.24, 2.45) is 0 Å². The predicted octanol–water partition coefficient (Wildman–Crippen LogP) is 2.82. The van der Waals surface area contributed by atoms with Crippen LogP contribution in [-0.2, 0) is 0 Å². The molecular weight excluding hydrogens is 224 g/mol. The zero-order chi connectivity index (χ0) is 12.7. The van der Waals surface area contributed by atoms with Crippen LogP contribution in [-0.4, -0.2) is 15.0 Å². The highest BCUT2D eigenvalue weighted by atomic mass is 15.0. The van der Waals surface area contributed by atoms with Gasteiger partial charge in [-0.3, -0.25) is 0 Å². The number of hydrogen-bond donors (Lipinski definition) is 2. The molecule has 0 amide bonds. The number of nitrogens with one attached hydrogen (secondary N) is 1. The summed E-state index contributed by atoms with van der Waals surface area (Å²) in [5.41, 5.74) is 10.8. The molecule has 0 radical (unpaired) electrons. The molecule has 0 fully saturated rings. The molecule has 2 heterocycles. The van der Waals surface area contributed by atoms with E-state index in [-0.39, 0.29) is 0 Å². The Hall–Kier alpha value is -2.36. The van der Waals surface area contributed by atoms with Gasteiger partial charge in [0.05, 0.1) is 5.69 Å². The van der Waals surface area contributed by atoms with Crippen LogP contribution in [0.1, 0.15) is 11.4 Å². The fourth-order valence-electron chi connectivity index (χ4n) is 2.33. The summed E-state index contributed by atoms with van der Waals surface area (Å²) in [7, 11) is 0. The number of fused-ring (bicyclic) bond motifs is 1. The first-order valence-electron chi connectivity index (χ1n) is 5.84. The molecule has 4 heteroatoms. The molecule has 2 aromatic heterocycles. The lowest BCUT2D eigenvalue weighted by atomic mass is 10.1. The Kier molecular flexibility index (Phi) is 2.30. The third-order valence-corrected chi connectivity index (χ3v) is 3.02. The lowest BCUT2D eigenvalue weighted by molar-refractivity contribution is 1.12. The first kappa shape index (κ1) is 10.8. The molecule has 0 saturated carbocycles. The van der Waals surface area contributed by atoms with Crippen molar-refractivity contribution in [2.75, 3.05) is 5.73 Å². The topological polar surface area (TPSA) is 67.6 Å². The molecule has 4 nitrogen and oxygen atoms in total. The third kappa shape index (κ3) is 1.62. The summed E-state index contributed by atoms with van der Waals surface area (Å²) in [5.74, 6) is 0.315. The van der Waals surface area contributed by atoms with Gasteiger partial charge in [-0.2, -0.15) is 0 Å². The molecule has 0 aliphatic rings. The zero-order valence-electron chi connectivity index (χ0n) is 10.4. The van der Waals surface area contributed by atoms with E-state index in [0.717, 1.165) is 33.5 Å². The van der Waals surface area contributed by atoms with Crippen LogP contribution < -0.4 is 5.73 Å². The van der Waals surface area contributed by atoms with Crippen LogP contribution in [0.3, 0.4) is 0 Å². The molecule has 0 unspecified atom stereocenters. The maximum absolute atomic E-state index is 5.73. The second kappa shape index (κ2) is 3.84. The van der Waals surface area contributed by atoms with Gasteiger partial charge < -0.3 is 10.7 Å². The summed E-state index contributed by atoms with van der Waals surface area (Å²) in [6.45, 7) is 3.97. The van der Waals surface area contributed by atoms with Gasteiger partial charge >= 0.3 is 0 Å². The molecule has 3 N–H and O–H groups in total. The molecule has 3 rings (SSSR count). The lowest BCUT2D eigenvalue weighted by Gasteiger charge is -2.03. The molecule has 0 saturated heterocycles. The Morgan fingerprint density at radius 3 is 2.67 bits per heavy atom. The fourth-order valence-corrected chi connectivity index (χ4v) is 2.33. The summed E-state index contributed by atoms with van der Waals surface area (Å²) < 4.78 is 0. The van der Waals surface area contributed by atoms with Crippen LogP contribution in [0.25, 0.3) is 22.2 Å². The first-order valence-corrected chi connectivity index (χ1v) is 5.84. The second-order valence-electron chi connectivity index (χ2n) is 4.42. The van der Waals surface area contributed by atoms with Gasteiger partial charge in [0, 0.05) is 27.9 Å². The highest BCUT2D eigenvalue weighted by Gasteiger charge is 2.12. The van der Waals surface area contributed by atoms with Crippen molar-refractivity contribution in [1.29, 1.82) is 0 Å². The molecule has 0 atom stereocenters. The van der Waals surface area contributed by atoms with Crippen LogP contribution in [0.4, 0.5) is 5.95 Å². The van der Waals surface area contributed by atoms with E-state index in [4.69, 9.17) is 5.73 Å². The number of benzene rings is 1. The molecule has 0 aliphatic carbocycles. The monoisotopic (exact) mass is 238 g/mol. The van der Waals surface area contributed by atoms with Crippen molar-refractivity contribution in [3.8, 4) is 11.3 Å². The van der Waals surface area contributed by atoms with E-state index in [2.05, 4.69) is 27.1 Å². The van der Waals surface area contributed by atoms with Gasteiger partial charge in [0.15, 0.2) is 0 Å². The molecule has 0 aliphatic heterocycles. The van der Waals surface area contributed by atoms with Crippen LogP contribution >= 0.6 is 0 Å². The van der Waals surface area contributed by atoms with Gasteiger partial charge in [-0.15, -0.1) is 0 Å². The van der Waals surface area contributed by atoms with E-state index in [0.29, 0.717) is 5.95 Å². The number of aryl methyl sites for hydroxylation is 2. The number of H-pyrrole nitrogens is 1. The lowest BCUT2D eigenvalue weighted by Crippen LogP contribution is -1.98. The predicted molar refractivity (Wildman–Crippen MR) is 73.2 cm³/mol. The minimum Gasteiger partial charge on any atom is -0.368 e. The number of aromatic amines is 1. The smallest absolute Gasteiger partial charge is 0.220 e. The van der Waals surface area contributed by atoms with Crippen molar-refractivity contribution in [3.63, 3.8) is 0 Å². The van der Waals surface area contributed by atoms with E-state index in [9.17, 15) is 0 Å². The number of rotatable bonds is 1. The molecule has 90 valence electrons. The van der Waals surface area contributed by atoms with Crippen LogP contribution in [0.2, 0.25) is 0 Å². The minimum absolute atomic E-state index is 0.315. The Morgan fingerprint density at radius 1 is 1.11 bits per heavy atom. The summed E-state index contributed by atoms with van der Waals surface area (Å²) in [5, 5.41) is 1.16. The van der Waals surface area contributed by atoms with Crippen molar-refractivity contribution in [2.45, 2.75) is 13.8 Å². The highest BCUT2D eigenvalue weighted by Crippen LogP contribution is 2.31. The van der Waals surface area contributed by atoms with Crippen molar-refractivity contribution in [3.05, 3.63) is 41.7 Å². The minimum atomic E-state index is 0.315. The van der Waals surface area contributed by atoms with E-state index in [1.165, 1.54) is 0 Å². The van der Waals surface area contributed by atoms with Crippen molar-refractivity contribution in [1.82, 2.24) is 15.0 Å². The highest BCUT2D eigenvalue weighted by molar-refractivity contribution is 5.96. The quantitative estimate of drug-likeness (QED) is 0.685. The summed E-state index contributed by atoms with van der Waals surface area (Å²) in [6.07, 6.45) is 0. The largest absolute Gasteiger partial charge is 0.368 e. The van der Waals surface area contributed by atoms with Crippen molar-refractivity contribution >= 4 is 16.9 Å². The maximum Gasteiger partial charge on any atom is 0.220 e. The average molecular weight is 238 g/mol. The maximum atomic E-state index is 5.73. The normalized spacial score (nSPS) is 11.0. The van der Waals surface area contributed by atoms with Gasteiger partial charge in [-0.25, -0.2) is 9.97 Å². The van der Waals surface area contributed by atoms with Gasteiger partial charge in [0.25, 0.3) is 0 Å². The number of nitrogens with two attached hydrogens (primary N) is 1. The summed E-state index contributed by atoms with van der Waals surface area (Å²) in [4.78, 5) is 11.8.